The Labute approximate surface area is 136 Å². The fraction of sp³-hybridized carbons (Fsp3) is 0.588. The second kappa shape index (κ2) is 7.77. The normalized spacial score (nSPS) is 19.3. The van der Waals surface area contributed by atoms with Crippen molar-refractivity contribution >= 4 is 6.09 Å². The summed E-state index contributed by atoms with van der Waals surface area (Å²) in [5.41, 5.74) is 1.37. The quantitative estimate of drug-likeness (QED) is 0.528. The molecule has 1 saturated carbocycles. The molecule has 2 rings (SSSR count). The Bertz CT molecular complexity index is 512. The highest BCUT2D eigenvalue weighted by atomic mass is 16.4. The number of β-amino-alcohol motifs (C(OH)–C–C–N with tert-alkyl or cyclic N) is 1. The SMILES string of the molecule is C[C@H](NC(=O)O)c1ccc([C@H](O)CNC2(CO)CCCC2)cc1. The number of aliphatic hydroxyl groups excluding tert-OH is 2. The monoisotopic (exact) mass is 322 g/mol. The number of hydrogen-bond acceptors (Lipinski definition) is 4. The van der Waals surface area contributed by atoms with Crippen molar-refractivity contribution in [2.75, 3.05) is 13.2 Å². The average molecular weight is 322 g/mol. The molecule has 0 unspecified atom stereocenters. The fourth-order valence-corrected chi connectivity index (χ4v) is 3.15. The predicted octanol–water partition coefficient (Wildman–Crippen LogP) is 1.94. The van der Waals surface area contributed by atoms with Crippen LogP contribution in [0.5, 0.6) is 0 Å². The van der Waals surface area contributed by atoms with Crippen LogP contribution in [0.15, 0.2) is 24.3 Å². The van der Waals surface area contributed by atoms with E-state index in [9.17, 15) is 15.0 Å². The predicted molar refractivity (Wildman–Crippen MR) is 87.3 cm³/mol. The smallest absolute Gasteiger partial charge is 0.405 e. The van der Waals surface area contributed by atoms with E-state index in [1.807, 2.05) is 24.3 Å². The molecule has 5 N–H and O–H groups in total. The maximum absolute atomic E-state index is 10.6. The fourth-order valence-electron chi connectivity index (χ4n) is 3.15. The van der Waals surface area contributed by atoms with E-state index in [1.165, 1.54) is 0 Å². The van der Waals surface area contributed by atoms with Crippen LogP contribution in [0.4, 0.5) is 4.79 Å². The molecular weight excluding hydrogens is 296 g/mol. The van der Waals surface area contributed by atoms with E-state index in [0.29, 0.717) is 6.54 Å². The summed E-state index contributed by atoms with van der Waals surface area (Å²) in [7, 11) is 0. The van der Waals surface area contributed by atoms with Crippen molar-refractivity contribution in [1.29, 1.82) is 0 Å². The maximum atomic E-state index is 10.6. The van der Waals surface area contributed by atoms with Crippen molar-refractivity contribution in [2.24, 2.45) is 0 Å². The number of amides is 1. The van der Waals surface area contributed by atoms with Gasteiger partial charge in [-0.2, -0.15) is 0 Å². The summed E-state index contributed by atoms with van der Waals surface area (Å²) >= 11 is 0. The van der Waals surface area contributed by atoms with Gasteiger partial charge < -0.3 is 26.0 Å². The molecule has 0 aliphatic heterocycles. The molecule has 1 aliphatic rings. The first kappa shape index (κ1) is 17.7. The number of benzene rings is 1. The first-order chi connectivity index (χ1) is 11.0. The molecule has 1 aliphatic carbocycles. The van der Waals surface area contributed by atoms with Crippen LogP contribution in [-0.2, 0) is 0 Å². The zero-order valence-electron chi connectivity index (χ0n) is 13.5. The zero-order valence-corrected chi connectivity index (χ0v) is 13.5. The van der Waals surface area contributed by atoms with Crippen LogP contribution < -0.4 is 10.6 Å². The highest BCUT2D eigenvalue weighted by Crippen LogP contribution is 2.29. The third-order valence-corrected chi connectivity index (χ3v) is 4.69. The largest absolute Gasteiger partial charge is 0.465 e. The van der Waals surface area contributed by atoms with Crippen molar-refractivity contribution in [2.45, 2.75) is 50.3 Å². The van der Waals surface area contributed by atoms with Crippen molar-refractivity contribution in [3.63, 3.8) is 0 Å². The van der Waals surface area contributed by atoms with E-state index >= 15 is 0 Å². The lowest BCUT2D eigenvalue weighted by Gasteiger charge is -2.29. The number of hydrogen-bond donors (Lipinski definition) is 5. The molecule has 0 saturated heterocycles. The molecule has 0 radical (unpaired) electrons. The van der Waals surface area contributed by atoms with E-state index < -0.39 is 12.2 Å². The molecule has 0 spiro atoms. The van der Waals surface area contributed by atoms with Crippen LogP contribution in [0, 0.1) is 0 Å². The van der Waals surface area contributed by atoms with Gasteiger partial charge in [-0.3, -0.25) is 0 Å². The minimum atomic E-state index is -1.06. The molecule has 6 nitrogen and oxygen atoms in total. The van der Waals surface area contributed by atoms with Crippen molar-refractivity contribution in [3.8, 4) is 0 Å². The molecule has 1 aromatic carbocycles. The first-order valence-electron chi connectivity index (χ1n) is 8.09. The van der Waals surface area contributed by atoms with Gasteiger partial charge in [0.2, 0.25) is 0 Å². The van der Waals surface area contributed by atoms with E-state index in [-0.39, 0.29) is 18.2 Å². The van der Waals surface area contributed by atoms with Crippen LogP contribution in [0.1, 0.15) is 55.9 Å². The first-order valence-corrected chi connectivity index (χ1v) is 8.09. The van der Waals surface area contributed by atoms with Crippen molar-refractivity contribution < 1.29 is 20.1 Å². The minimum Gasteiger partial charge on any atom is -0.465 e. The third kappa shape index (κ3) is 4.67. The molecule has 128 valence electrons. The topological polar surface area (TPSA) is 102 Å². The lowest BCUT2D eigenvalue weighted by atomic mass is 9.97. The van der Waals surface area contributed by atoms with Crippen molar-refractivity contribution in [3.05, 3.63) is 35.4 Å². The molecule has 23 heavy (non-hydrogen) atoms. The van der Waals surface area contributed by atoms with Gasteiger partial charge in [-0.05, 0) is 30.9 Å². The Morgan fingerprint density at radius 2 is 1.78 bits per heavy atom. The summed E-state index contributed by atoms with van der Waals surface area (Å²) in [6, 6.07) is 6.95. The van der Waals surface area contributed by atoms with Gasteiger partial charge in [0, 0.05) is 12.1 Å². The Kier molecular flexibility index (Phi) is 5.98. The van der Waals surface area contributed by atoms with E-state index in [0.717, 1.165) is 36.8 Å². The average Bonchev–Trinajstić information content (AvgIpc) is 3.01. The summed E-state index contributed by atoms with van der Waals surface area (Å²) in [6.45, 7) is 2.26. The second-order valence-corrected chi connectivity index (χ2v) is 6.38. The van der Waals surface area contributed by atoms with Gasteiger partial charge >= 0.3 is 6.09 Å². The lowest BCUT2D eigenvalue weighted by Crippen LogP contribution is -2.47. The molecule has 0 heterocycles. The molecule has 1 amide bonds. The van der Waals surface area contributed by atoms with E-state index in [4.69, 9.17) is 5.11 Å². The highest BCUT2D eigenvalue weighted by molar-refractivity contribution is 5.65. The van der Waals surface area contributed by atoms with Crippen LogP contribution in [0.25, 0.3) is 0 Å². The number of aliphatic hydroxyl groups is 2. The minimum absolute atomic E-state index is 0.0943. The van der Waals surface area contributed by atoms with Gasteiger partial charge in [-0.25, -0.2) is 4.79 Å². The van der Waals surface area contributed by atoms with Crippen LogP contribution in [0.3, 0.4) is 0 Å². The van der Waals surface area contributed by atoms with E-state index in [1.54, 1.807) is 6.92 Å². The number of nitrogens with one attached hydrogen (secondary N) is 2. The molecule has 2 atom stereocenters. The van der Waals surface area contributed by atoms with Crippen LogP contribution >= 0.6 is 0 Å². The number of rotatable bonds is 7. The van der Waals surface area contributed by atoms with Crippen LogP contribution in [-0.4, -0.2) is 40.1 Å². The summed E-state index contributed by atoms with van der Waals surface area (Å²) < 4.78 is 0. The Balaban J connectivity index is 1.92. The van der Waals surface area contributed by atoms with Gasteiger partial charge in [0.15, 0.2) is 0 Å². The highest BCUT2D eigenvalue weighted by Gasteiger charge is 2.33. The van der Waals surface area contributed by atoms with Gasteiger partial charge in [0.05, 0.1) is 18.8 Å². The van der Waals surface area contributed by atoms with Gasteiger partial charge in [0.1, 0.15) is 0 Å². The molecule has 1 fully saturated rings. The number of carboxylic acid groups (broad SMARTS) is 1. The number of carbonyl (C=O) groups is 1. The van der Waals surface area contributed by atoms with E-state index in [2.05, 4.69) is 10.6 Å². The van der Waals surface area contributed by atoms with Crippen LogP contribution in [0.2, 0.25) is 0 Å². The molecule has 1 aromatic rings. The maximum Gasteiger partial charge on any atom is 0.405 e. The summed E-state index contributed by atoms with van der Waals surface area (Å²) in [5, 5.41) is 34.3. The Hall–Kier alpha value is -1.63. The van der Waals surface area contributed by atoms with Crippen molar-refractivity contribution in [1.82, 2.24) is 10.6 Å². The summed E-state index contributed by atoms with van der Waals surface area (Å²) in [4.78, 5) is 10.6. The Morgan fingerprint density at radius 3 is 2.30 bits per heavy atom. The summed E-state index contributed by atoms with van der Waals surface area (Å²) in [5.74, 6) is 0. The second-order valence-electron chi connectivity index (χ2n) is 6.38. The van der Waals surface area contributed by atoms with Gasteiger partial charge in [-0.1, -0.05) is 37.1 Å². The molecule has 6 heteroatoms. The third-order valence-electron chi connectivity index (χ3n) is 4.69. The van der Waals surface area contributed by atoms with Gasteiger partial charge in [-0.15, -0.1) is 0 Å². The molecule has 0 bridgehead atoms. The summed E-state index contributed by atoms with van der Waals surface area (Å²) in [6.07, 6.45) is 2.37. The standard InChI is InChI=1S/C17H26N2O4/c1-12(19-16(22)23)13-4-6-14(7-5-13)15(21)10-18-17(11-20)8-2-3-9-17/h4-7,12,15,18-21H,2-3,8-11H2,1H3,(H,22,23)/t12-,15+/m0/s1. The lowest BCUT2D eigenvalue weighted by molar-refractivity contribution is 0.122. The molecule has 0 aromatic heterocycles. The molecular formula is C17H26N2O4. The Morgan fingerprint density at radius 1 is 1.22 bits per heavy atom. The zero-order chi connectivity index (χ0) is 16.9. The van der Waals surface area contributed by atoms with Gasteiger partial charge in [0.25, 0.3) is 0 Å².